The Labute approximate surface area is 126 Å². The number of nitrogens with one attached hydrogen (secondary N) is 2. The lowest BCUT2D eigenvalue weighted by Gasteiger charge is -2.20. The van der Waals surface area contributed by atoms with Gasteiger partial charge in [0.15, 0.2) is 6.61 Å². The molecule has 1 unspecified atom stereocenters. The number of carbonyl (C=O) groups is 1. The number of para-hydroxylation sites is 1. The molecule has 1 aromatic rings. The van der Waals surface area contributed by atoms with Crippen molar-refractivity contribution in [3.63, 3.8) is 0 Å². The van der Waals surface area contributed by atoms with E-state index in [0.29, 0.717) is 5.75 Å². The summed E-state index contributed by atoms with van der Waals surface area (Å²) in [6.07, 6.45) is 2.01. The van der Waals surface area contributed by atoms with Crippen molar-refractivity contribution < 1.29 is 9.53 Å². The highest BCUT2D eigenvalue weighted by Gasteiger charge is 2.14. The Morgan fingerprint density at radius 3 is 2.81 bits per heavy atom. The second-order valence-electron chi connectivity index (χ2n) is 4.68. The van der Waals surface area contributed by atoms with Crippen molar-refractivity contribution in [2.24, 2.45) is 0 Å². The van der Waals surface area contributed by atoms with Gasteiger partial charge in [-0.2, -0.15) is 5.26 Å². The lowest BCUT2D eigenvalue weighted by atomic mass is 10.0. The van der Waals surface area contributed by atoms with Crippen molar-refractivity contribution in [1.29, 1.82) is 5.26 Å². The molecule has 0 heterocycles. The van der Waals surface area contributed by atoms with Crippen molar-refractivity contribution in [1.82, 2.24) is 10.6 Å². The van der Waals surface area contributed by atoms with Gasteiger partial charge in [-0.3, -0.25) is 4.79 Å². The van der Waals surface area contributed by atoms with E-state index in [1.54, 1.807) is 0 Å². The lowest BCUT2D eigenvalue weighted by Crippen LogP contribution is -2.29. The summed E-state index contributed by atoms with van der Waals surface area (Å²) in [6.45, 7) is 5.10. The first-order valence-corrected chi connectivity index (χ1v) is 7.31. The minimum Gasteiger partial charge on any atom is -0.483 e. The van der Waals surface area contributed by atoms with E-state index in [-0.39, 0.29) is 25.1 Å². The summed E-state index contributed by atoms with van der Waals surface area (Å²) in [5.74, 6) is 0.418. The van der Waals surface area contributed by atoms with Gasteiger partial charge in [0.25, 0.3) is 5.91 Å². The van der Waals surface area contributed by atoms with Crippen LogP contribution in [0.2, 0.25) is 0 Å². The Hall–Kier alpha value is -2.06. The summed E-state index contributed by atoms with van der Waals surface area (Å²) in [4.78, 5) is 11.5. The van der Waals surface area contributed by atoms with Crippen LogP contribution in [0.15, 0.2) is 24.3 Å². The van der Waals surface area contributed by atoms with E-state index in [4.69, 9.17) is 10.00 Å². The van der Waals surface area contributed by atoms with Crippen LogP contribution >= 0.6 is 0 Å². The van der Waals surface area contributed by atoms with E-state index in [9.17, 15) is 4.79 Å². The molecule has 0 aromatic heterocycles. The molecule has 1 atom stereocenters. The standard InChI is InChI=1S/C16H23N3O2/c1-3-10-18-14(4-2)13-7-5-6-8-15(13)21-12-16(20)19-11-9-17/h5-8,14,18H,3-4,10-12H2,1-2H3,(H,19,20). The van der Waals surface area contributed by atoms with E-state index in [1.165, 1.54) is 0 Å². The predicted molar refractivity (Wildman–Crippen MR) is 81.9 cm³/mol. The van der Waals surface area contributed by atoms with Crippen LogP contribution in [0.5, 0.6) is 5.75 Å². The second-order valence-corrected chi connectivity index (χ2v) is 4.68. The largest absolute Gasteiger partial charge is 0.483 e. The lowest BCUT2D eigenvalue weighted by molar-refractivity contribution is -0.122. The minimum atomic E-state index is -0.291. The molecule has 114 valence electrons. The van der Waals surface area contributed by atoms with Gasteiger partial charge in [0.1, 0.15) is 12.3 Å². The molecule has 5 heteroatoms. The fourth-order valence-electron chi connectivity index (χ4n) is 2.03. The molecule has 0 fully saturated rings. The summed E-state index contributed by atoms with van der Waals surface area (Å²) >= 11 is 0. The maximum absolute atomic E-state index is 11.5. The maximum Gasteiger partial charge on any atom is 0.258 e. The molecular weight excluding hydrogens is 266 g/mol. The van der Waals surface area contributed by atoms with Crippen LogP contribution in [-0.2, 0) is 4.79 Å². The monoisotopic (exact) mass is 289 g/mol. The van der Waals surface area contributed by atoms with E-state index in [0.717, 1.165) is 24.9 Å². The molecule has 1 aromatic carbocycles. The van der Waals surface area contributed by atoms with E-state index >= 15 is 0 Å². The average molecular weight is 289 g/mol. The minimum absolute atomic E-state index is 0.000515. The van der Waals surface area contributed by atoms with Gasteiger partial charge in [-0.1, -0.05) is 32.0 Å². The third-order valence-corrected chi connectivity index (χ3v) is 3.07. The number of benzene rings is 1. The highest BCUT2D eigenvalue weighted by molar-refractivity contribution is 5.77. The third-order valence-electron chi connectivity index (χ3n) is 3.07. The molecule has 5 nitrogen and oxygen atoms in total. The van der Waals surface area contributed by atoms with Crippen molar-refractivity contribution >= 4 is 5.91 Å². The fraction of sp³-hybridized carbons (Fsp3) is 0.500. The molecular formula is C16H23N3O2. The third kappa shape index (κ3) is 5.84. The number of rotatable bonds is 9. The predicted octanol–water partition coefficient (Wildman–Crippen LogP) is 2.16. The first-order valence-electron chi connectivity index (χ1n) is 7.31. The van der Waals surface area contributed by atoms with Crippen molar-refractivity contribution in [2.75, 3.05) is 19.7 Å². The van der Waals surface area contributed by atoms with Crippen LogP contribution in [0.4, 0.5) is 0 Å². The number of carbonyl (C=O) groups excluding carboxylic acids is 1. The van der Waals surface area contributed by atoms with Crippen LogP contribution in [-0.4, -0.2) is 25.6 Å². The number of hydrogen-bond acceptors (Lipinski definition) is 4. The molecule has 0 aliphatic carbocycles. The van der Waals surface area contributed by atoms with E-state index in [1.807, 2.05) is 30.3 Å². The molecule has 0 aliphatic heterocycles. The van der Waals surface area contributed by atoms with Gasteiger partial charge < -0.3 is 15.4 Å². The van der Waals surface area contributed by atoms with Gasteiger partial charge in [0.05, 0.1) is 6.07 Å². The van der Waals surface area contributed by atoms with Crippen LogP contribution < -0.4 is 15.4 Å². The second kappa shape index (κ2) is 9.78. The van der Waals surface area contributed by atoms with Gasteiger partial charge >= 0.3 is 0 Å². The number of amides is 1. The molecule has 0 radical (unpaired) electrons. The average Bonchev–Trinajstić information content (AvgIpc) is 2.52. The van der Waals surface area contributed by atoms with Gasteiger partial charge in [0, 0.05) is 11.6 Å². The molecule has 1 rings (SSSR count). The Morgan fingerprint density at radius 2 is 2.14 bits per heavy atom. The zero-order valence-corrected chi connectivity index (χ0v) is 12.7. The molecule has 1 amide bonds. The molecule has 0 saturated carbocycles. The van der Waals surface area contributed by atoms with Gasteiger partial charge in [0.2, 0.25) is 0 Å². The van der Waals surface area contributed by atoms with Crippen molar-refractivity contribution in [3.8, 4) is 11.8 Å². The van der Waals surface area contributed by atoms with E-state index in [2.05, 4.69) is 24.5 Å². The highest BCUT2D eigenvalue weighted by Crippen LogP contribution is 2.27. The van der Waals surface area contributed by atoms with Gasteiger partial charge in [-0.25, -0.2) is 0 Å². The molecule has 0 bridgehead atoms. The zero-order valence-electron chi connectivity index (χ0n) is 12.7. The van der Waals surface area contributed by atoms with Crippen LogP contribution in [0.25, 0.3) is 0 Å². The summed E-state index contributed by atoms with van der Waals surface area (Å²) in [5, 5.41) is 14.4. The molecule has 0 saturated heterocycles. The number of hydrogen-bond donors (Lipinski definition) is 2. The normalized spacial score (nSPS) is 11.5. The van der Waals surface area contributed by atoms with Crippen LogP contribution in [0.1, 0.15) is 38.3 Å². The number of nitriles is 1. The Bertz CT molecular complexity index is 483. The van der Waals surface area contributed by atoms with Crippen molar-refractivity contribution in [3.05, 3.63) is 29.8 Å². The summed E-state index contributed by atoms with van der Waals surface area (Å²) in [5.41, 5.74) is 1.06. The summed E-state index contributed by atoms with van der Waals surface area (Å²) < 4.78 is 5.60. The SMILES string of the molecule is CCCNC(CC)c1ccccc1OCC(=O)NCC#N. The smallest absolute Gasteiger partial charge is 0.258 e. The van der Waals surface area contributed by atoms with Gasteiger partial charge in [-0.15, -0.1) is 0 Å². The number of ether oxygens (including phenoxy) is 1. The molecule has 0 spiro atoms. The topological polar surface area (TPSA) is 74.2 Å². The van der Waals surface area contributed by atoms with Gasteiger partial charge in [-0.05, 0) is 25.5 Å². The molecule has 21 heavy (non-hydrogen) atoms. The fourth-order valence-corrected chi connectivity index (χ4v) is 2.03. The highest BCUT2D eigenvalue weighted by atomic mass is 16.5. The molecule has 2 N–H and O–H groups in total. The number of nitrogens with zero attached hydrogens (tertiary/aromatic N) is 1. The maximum atomic E-state index is 11.5. The Balaban J connectivity index is 2.69. The Morgan fingerprint density at radius 1 is 1.38 bits per heavy atom. The molecule has 0 aliphatic rings. The van der Waals surface area contributed by atoms with Crippen LogP contribution in [0, 0.1) is 11.3 Å². The summed E-state index contributed by atoms with van der Waals surface area (Å²) in [6, 6.07) is 9.80. The zero-order chi connectivity index (χ0) is 15.5. The first-order chi connectivity index (χ1) is 10.2. The van der Waals surface area contributed by atoms with Crippen LogP contribution in [0.3, 0.4) is 0 Å². The Kier molecular flexibility index (Phi) is 7.92. The first kappa shape index (κ1) is 17.0. The quantitative estimate of drug-likeness (QED) is 0.683. The van der Waals surface area contributed by atoms with Crippen molar-refractivity contribution in [2.45, 2.75) is 32.7 Å². The van der Waals surface area contributed by atoms with E-state index < -0.39 is 0 Å². The summed E-state index contributed by atoms with van der Waals surface area (Å²) in [7, 11) is 0.